The molecule has 5 heteroatoms. The van der Waals surface area contributed by atoms with Gasteiger partial charge in [0.05, 0.1) is 27.8 Å². The van der Waals surface area contributed by atoms with Crippen molar-refractivity contribution in [2.45, 2.75) is 0 Å². The fourth-order valence-electron chi connectivity index (χ4n) is 9.51. The number of fused-ring (bicyclic) bond motifs is 10. The van der Waals surface area contributed by atoms with E-state index >= 15 is 0 Å². The zero-order valence-corrected chi connectivity index (χ0v) is 31.8. The summed E-state index contributed by atoms with van der Waals surface area (Å²) in [6.45, 7) is 0. The molecule has 1 aliphatic heterocycles. The third-order valence-electron chi connectivity index (χ3n) is 11.9. The highest BCUT2D eigenvalue weighted by Crippen LogP contribution is 2.41. The van der Waals surface area contributed by atoms with E-state index in [1.54, 1.807) is 0 Å². The van der Waals surface area contributed by atoms with Crippen molar-refractivity contribution in [3.8, 4) is 39.6 Å². The van der Waals surface area contributed by atoms with Crippen molar-refractivity contribution in [1.29, 1.82) is 0 Å². The molecule has 1 aliphatic rings. The summed E-state index contributed by atoms with van der Waals surface area (Å²) in [4.78, 5) is 11.0. The maximum atomic E-state index is 6.59. The Morgan fingerprint density at radius 1 is 0.439 bits per heavy atom. The van der Waals surface area contributed by atoms with E-state index in [1.165, 1.54) is 31.7 Å². The van der Waals surface area contributed by atoms with Gasteiger partial charge in [0, 0.05) is 43.7 Å². The fourth-order valence-corrected chi connectivity index (χ4v) is 14.8. The summed E-state index contributed by atoms with van der Waals surface area (Å²) in [6.07, 6.45) is 0. The summed E-state index contributed by atoms with van der Waals surface area (Å²) in [5.74, 6) is 0.728. The van der Waals surface area contributed by atoms with Crippen LogP contribution >= 0.6 is 0 Å². The molecule has 0 saturated carbocycles. The van der Waals surface area contributed by atoms with Crippen LogP contribution in [0.4, 0.5) is 0 Å². The van der Waals surface area contributed by atoms with Gasteiger partial charge in [-0.05, 0) is 52.0 Å². The Kier molecular flexibility index (Phi) is 6.91. The van der Waals surface area contributed by atoms with E-state index in [0.29, 0.717) is 0 Å². The van der Waals surface area contributed by atoms with Gasteiger partial charge in [-0.1, -0.05) is 164 Å². The summed E-state index contributed by atoms with van der Waals surface area (Å²) in [6, 6.07) is 71.9. The van der Waals surface area contributed by atoms with Gasteiger partial charge in [-0.3, -0.25) is 0 Å². The van der Waals surface area contributed by atoms with E-state index in [-0.39, 0.29) is 0 Å². The summed E-state index contributed by atoms with van der Waals surface area (Å²) in [5, 5.41) is 9.78. The lowest BCUT2D eigenvalue weighted by molar-refractivity contribution is 0.673. The van der Waals surface area contributed by atoms with Crippen LogP contribution in [0, 0.1) is 0 Å². The molecule has 0 N–H and O–H groups in total. The van der Waals surface area contributed by atoms with Gasteiger partial charge in [0.15, 0.2) is 13.9 Å². The van der Waals surface area contributed by atoms with E-state index < -0.39 is 8.07 Å². The van der Waals surface area contributed by atoms with Crippen molar-refractivity contribution >= 4 is 72.6 Å². The zero-order chi connectivity index (χ0) is 37.5. The van der Waals surface area contributed by atoms with Crippen molar-refractivity contribution in [1.82, 2.24) is 14.5 Å². The van der Waals surface area contributed by atoms with Crippen LogP contribution in [0.2, 0.25) is 0 Å². The van der Waals surface area contributed by atoms with Gasteiger partial charge in [-0.2, -0.15) is 0 Å². The monoisotopic (exact) mass is 743 g/mol. The lowest BCUT2D eigenvalue weighted by Gasteiger charge is -2.32. The lowest BCUT2D eigenvalue weighted by Crippen LogP contribution is -2.73. The van der Waals surface area contributed by atoms with Gasteiger partial charge in [0.1, 0.15) is 11.2 Å². The van der Waals surface area contributed by atoms with Crippen LogP contribution in [0.5, 0.6) is 0 Å². The third-order valence-corrected chi connectivity index (χ3v) is 16.8. The van der Waals surface area contributed by atoms with Gasteiger partial charge < -0.3 is 8.98 Å². The topological polar surface area (TPSA) is 43.9 Å². The van der Waals surface area contributed by atoms with Crippen molar-refractivity contribution in [2.75, 3.05) is 0 Å². The van der Waals surface area contributed by atoms with Crippen molar-refractivity contribution in [3.63, 3.8) is 0 Å². The predicted molar refractivity (Wildman–Crippen MR) is 237 cm³/mol. The van der Waals surface area contributed by atoms with Crippen LogP contribution < -0.4 is 20.7 Å². The standard InChI is InChI=1S/C52H33N3OSi/c1-4-16-35(17-5-1)52-53-48(51-49(54-52)42-24-12-15-27-46(42)57(51,37-18-6-2-7-19-37)38-20-8-3-9-21-38)34-28-30-36(31-29-34)55-43-25-13-10-23-41(43)47-44(55)33-32-40-39-22-11-14-26-45(39)56-50(40)47/h1-33H. The number of hydrogen-bond donors (Lipinski definition) is 0. The molecule has 0 aliphatic carbocycles. The Bertz CT molecular complexity index is 3300. The predicted octanol–water partition coefficient (Wildman–Crippen LogP) is 10.2. The van der Waals surface area contributed by atoms with Crippen molar-refractivity contribution in [2.24, 2.45) is 0 Å². The van der Waals surface area contributed by atoms with Crippen LogP contribution in [0.1, 0.15) is 0 Å². The molecule has 0 saturated heterocycles. The van der Waals surface area contributed by atoms with Gasteiger partial charge in [0.2, 0.25) is 0 Å². The van der Waals surface area contributed by atoms with Crippen LogP contribution in [0.15, 0.2) is 205 Å². The normalized spacial score (nSPS) is 13.1. The second-order valence-corrected chi connectivity index (χ2v) is 18.5. The molecule has 0 amide bonds. The molecule has 12 rings (SSSR count). The molecule has 57 heavy (non-hydrogen) atoms. The summed E-state index contributed by atoms with van der Waals surface area (Å²) in [5.41, 5.74) is 10.4. The minimum absolute atomic E-state index is 0.728. The minimum Gasteiger partial charge on any atom is -0.455 e. The summed E-state index contributed by atoms with van der Waals surface area (Å²) in [7, 11) is -2.90. The molecular formula is C52H33N3OSi. The minimum atomic E-state index is -2.90. The maximum absolute atomic E-state index is 6.59. The van der Waals surface area contributed by atoms with E-state index in [1.807, 2.05) is 12.1 Å². The van der Waals surface area contributed by atoms with E-state index in [4.69, 9.17) is 14.4 Å². The summed E-state index contributed by atoms with van der Waals surface area (Å²) >= 11 is 0. The zero-order valence-electron chi connectivity index (χ0n) is 30.8. The fraction of sp³-hybridized carbons (Fsp3) is 0. The first-order valence-corrected chi connectivity index (χ1v) is 21.4. The maximum Gasteiger partial charge on any atom is 0.185 e. The Morgan fingerprint density at radius 2 is 1.05 bits per heavy atom. The highest BCUT2D eigenvalue weighted by molar-refractivity contribution is 7.22. The Labute approximate surface area is 330 Å². The number of aromatic nitrogens is 3. The highest BCUT2D eigenvalue weighted by Gasteiger charge is 2.51. The Morgan fingerprint density at radius 3 is 1.81 bits per heavy atom. The second kappa shape index (κ2) is 12.3. The van der Waals surface area contributed by atoms with Gasteiger partial charge in [0.25, 0.3) is 0 Å². The molecule has 0 radical (unpaired) electrons. The molecule has 0 unspecified atom stereocenters. The molecule has 266 valence electrons. The first kappa shape index (κ1) is 32.0. The van der Waals surface area contributed by atoms with E-state index in [9.17, 15) is 0 Å². The highest BCUT2D eigenvalue weighted by atomic mass is 28.3. The van der Waals surface area contributed by atoms with Crippen molar-refractivity contribution < 1.29 is 4.42 Å². The number of furan rings is 1. The SMILES string of the molecule is c1ccc(-c2nc(-c3ccc(-n4c5ccccc5c5c6oc7ccccc7c6ccc54)cc3)c3c(n2)-c2ccccc2[Si]3(c2ccccc2)c2ccccc2)cc1. The average molecular weight is 744 g/mol. The molecule has 4 nitrogen and oxygen atoms in total. The largest absolute Gasteiger partial charge is 0.455 e. The number of benzene rings is 8. The number of hydrogen-bond acceptors (Lipinski definition) is 3. The quantitative estimate of drug-likeness (QED) is 0.165. The molecule has 4 heterocycles. The smallest absolute Gasteiger partial charge is 0.185 e. The van der Waals surface area contributed by atoms with Crippen LogP contribution in [0.3, 0.4) is 0 Å². The average Bonchev–Trinajstić information content (AvgIpc) is 3.94. The van der Waals surface area contributed by atoms with Crippen LogP contribution in [0.25, 0.3) is 83.3 Å². The van der Waals surface area contributed by atoms with E-state index in [0.717, 1.165) is 72.4 Å². The first-order valence-electron chi connectivity index (χ1n) is 19.4. The molecule has 0 bridgehead atoms. The molecule has 11 aromatic rings. The third kappa shape index (κ3) is 4.55. The van der Waals surface area contributed by atoms with Gasteiger partial charge in [-0.15, -0.1) is 0 Å². The summed E-state index contributed by atoms with van der Waals surface area (Å²) < 4.78 is 8.95. The number of rotatable bonds is 5. The first-order chi connectivity index (χ1) is 28.3. The van der Waals surface area contributed by atoms with Crippen molar-refractivity contribution in [3.05, 3.63) is 200 Å². The Hall–Kier alpha value is -7.34. The molecule has 0 atom stereocenters. The second-order valence-electron chi connectivity index (χ2n) is 14.8. The lowest BCUT2D eigenvalue weighted by atomic mass is 10.1. The molecular weight excluding hydrogens is 711 g/mol. The van der Waals surface area contributed by atoms with Gasteiger partial charge in [-0.25, -0.2) is 9.97 Å². The molecule has 0 spiro atoms. The molecule has 0 fully saturated rings. The molecule has 3 aromatic heterocycles. The van der Waals surface area contributed by atoms with Crippen LogP contribution in [-0.4, -0.2) is 22.6 Å². The van der Waals surface area contributed by atoms with Gasteiger partial charge >= 0.3 is 0 Å². The number of para-hydroxylation sites is 2. The van der Waals surface area contributed by atoms with E-state index in [2.05, 4.69) is 193 Å². The Balaban J connectivity index is 1.13. The number of nitrogens with zero attached hydrogens (tertiary/aromatic N) is 3. The van der Waals surface area contributed by atoms with Crippen LogP contribution in [-0.2, 0) is 0 Å². The molecule has 8 aromatic carbocycles.